The summed E-state index contributed by atoms with van der Waals surface area (Å²) in [4.78, 5) is 11.7. The smallest absolute Gasteiger partial charge is 0.267 e. The standard InChI is InChI=1S/C25H24N4O3S/c1-17-12-13-18(2)23(14-17)33(30,31)29-16-28(15-19-8-4-7-11-22(19)32-3)24-25(29)27-21-10-6-5-9-20(21)26-24/h4-14H,15-16H2,1-3H3. The van der Waals surface area contributed by atoms with Crippen molar-refractivity contribution in [1.82, 2.24) is 9.97 Å². The Labute approximate surface area is 193 Å². The van der Waals surface area contributed by atoms with E-state index < -0.39 is 10.0 Å². The molecule has 0 bridgehead atoms. The van der Waals surface area contributed by atoms with Crippen molar-refractivity contribution >= 4 is 32.7 Å². The number of para-hydroxylation sites is 3. The van der Waals surface area contributed by atoms with Gasteiger partial charge in [0, 0.05) is 12.1 Å². The average molecular weight is 461 g/mol. The molecule has 168 valence electrons. The van der Waals surface area contributed by atoms with Crippen LogP contribution >= 0.6 is 0 Å². The molecule has 8 heteroatoms. The van der Waals surface area contributed by atoms with E-state index in [9.17, 15) is 8.42 Å². The molecule has 2 heterocycles. The van der Waals surface area contributed by atoms with Crippen LogP contribution in [-0.2, 0) is 16.6 Å². The Morgan fingerprint density at radius 3 is 2.30 bits per heavy atom. The summed E-state index contributed by atoms with van der Waals surface area (Å²) in [5.41, 5.74) is 3.88. The Morgan fingerprint density at radius 2 is 1.58 bits per heavy atom. The van der Waals surface area contributed by atoms with Crippen molar-refractivity contribution in [2.45, 2.75) is 25.3 Å². The van der Waals surface area contributed by atoms with Gasteiger partial charge in [-0.3, -0.25) is 0 Å². The Bertz CT molecular complexity index is 1470. The highest BCUT2D eigenvalue weighted by Crippen LogP contribution is 2.39. The molecule has 0 radical (unpaired) electrons. The minimum atomic E-state index is -3.86. The predicted molar refractivity (Wildman–Crippen MR) is 129 cm³/mol. The number of hydrogen-bond donors (Lipinski definition) is 0. The second kappa shape index (κ2) is 8.04. The van der Waals surface area contributed by atoms with Gasteiger partial charge in [-0.05, 0) is 49.2 Å². The van der Waals surface area contributed by atoms with Crippen LogP contribution in [0.5, 0.6) is 5.75 Å². The van der Waals surface area contributed by atoms with Crippen molar-refractivity contribution in [3.63, 3.8) is 0 Å². The van der Waals surface area contributed by atoms with Crippen LogP contribution < -0.4 is 13.9 Å². The van der Waals surface area contributed by atoms with Gasteiger partial charge in [0.15, 0.2) is 11.6 Å². The number of anilines is 2. The van der Waals surface area contributed by atoms with Crippen LogP contribution in [-0.4, -0.2) is 32.2 Å². The summed E-state index contributed by atoms with van der Waals surface area (Å²) in [5.74, 6) is 1.61. The summed E-state index contributed by atoms with van der Waals surface area (Å²) in [6, 6.07) is 20.6. The molecule has 0 spiro atoms. The van der Waals surface area contributed by atoms with Gasteiger partial charge >= 0.3 is 0 Å². The lowest BCUT2D eigenvalue weighted by Crippen LogP contribution is -2.36. The van der Waals surface area contributed by atoms with Gasteiger partial charge in [0.1, 0.15) is 12.4 Å². The van der Waals surface area contributed by atoms with E-state index in [0.29, 0.717) is 34.8 Å². The van der Waals surface area contributed by atoms with Crippen molar-refractivity contribution in [3.05, 3.63) is 83.4 Å². The number of nitrogens with zero attached hydrogens (tertiary/aromatic N) is 4. The molecule has 0 amide bonds. The highest BCUT2D eigenvalue weighted by atomic mass is 32.2. The fourth-order valence-electron chi connectivity index (χ4n) is 4.11. The molecule has 1 aliphatic heterocycles. The predicted octanol–water partition coefficient (Wildman–Crippen LogP) is 4.43. The molecule has 33 heavy (non-hydrogen) atoms. The lowest BCUT2D eigenvalue weighted by molar-refractivity contribution is 0.409. The zero-order valence-corrected chi connectivity index (χ0v) is 19.5. The average Bonchev–Trinajstić information content (AvgIpc) is 3.17. The highest BCUT2D eigenvalue weighted by molar-refractivity contribution is 7.93. The third kappa shape index (κ3) is 3.66. The largest absolute Gasteiger partial charge is 0.496 e. The number of hydrogen-bond acceptors (Lipinski definition) is 6. The van der Waals surface area contributed by atoms with Gasteiger partial charge in [-0.2, -0.15) is 0 Å². The van der Waals surface area contributed by atoms with E-state index in [1.165, 1.54) is 4.31 Å². The number of sulfonamides is 1. The summed E-state index contributed by atoms with van der Waals surface area (Å²) in [5, 5.41) is 0. The Balaban J connectivity index is 1.65. The summed E-state index contributed by atoms with van der Waals surface area (Å²) in [7, 11) is -2.23. The van der Waals surface area contributed by atoms with Crippen molar-refractivity contribution in [2.75, 3.05) is 23.0 Å². The van der Waals surface area contributed by atoms with Crippen LogP contribution in [0, 0.1) is 13.8 Å². The van der Waals surface area contributed by atoms with Crippen LogP contribution in [0.2, 0.25) is 0 Å². The second-order valence-electron chi connectivity index (χ2n) is 8.13. The molecule has 0 atom stereocenters. The topological polar surface area (TPSA) is 75.6 Å². The van der Waals surface area contributed by atoms with Crippen LogP contribution in [0.1, 0.15) is 16.7 Å². The summed E-state index contributed by atoms with van der Waals surface area (Å²) in [6.45, 7) is 4.24. The molecule has 7 nitrogen and oxygen atoms in total. The minimum absolute atomic E-state index is 0.111. The maximum atomic E-state index is 13.8. The van der Waals surface area contributed by atoms with Crippen LogP contribution in [0.25, 0.3) is 11.0 Å². The van der Waals surface area contributed by atoms with Crippen molar-refractivity contribution in [2.24, 2.45) is 0 Å². The van der Waals surface area contributed by atoms with E-state index in [-0.39, 0.29) is 11.6 Å². The van der Waals surface area contributed by atoms with Crippen LogP contribution in [0.3, 0.4) is 0 Å². The molecule has 0 unspecified atom stereocenters. The van der Waals surface area contributed by atoms with Crippen LogP contribution in [0.15, 0.2) is 71.6 Å². The van der Waals surface area contributed by atoms with Crippen molar-refractivity contribution < 1.29 is 13.2 Å². The van der Waals surface area contributed by atoms with Crippen molar-refractivity contribution in [1.29, 1.82) is 0 Å². The first-order chi connectivity index (χ1) is 15.9. The molecular weight excluding hydrogens is 436 g/mol. The Hall–Kier alpha value is -3.65. The van der Waals surface area contributed by atoms with Gasteiger partial charge in [0.25, 0.3) is 10.0 Å². The third-order valence-electron chi connectivity index (χ3n) is 5.83. The van der Waals surface area contributed by atoms with Gasteiger partial charge in [-0.1, -0.05) is 42.5 Å². The van der Waals surface area contributed by atoms with Gasteiger partial charge in [0.2, 0.25) is 0 Å². The molecule has 3 aromatic carbocycles. The molecular formula is C25H24N4O3S. The maximum absolute atomic E-state index is 13.8. The molecule has 0 aliphatic carbocycles. The number of ether oxygens (including phenoxy) is 1. The van der Waals surface area contributed by atoms with E-state index in [4.69, 9.17) is 14.7 Å². The van der Waals surface area contributed by atoms with E-state index in [1.54, 1.807) is 13.2 Å². The number of rotatable bonds is 5. The number of aromatic nitrogens is 2. The number of fused-ring (bicyclic) bond motifs is 2. The highest BCUT2D eigenvalue weighted by Gasteiger charge is 2.38. The molecule has 1 aliphatic rings. The third-order valence-corrected chi connectivity index (χ3v) is 7.70. The van der Waals surface area contributed by atoms with E-state index in [1.807, 2.05) is 79.4 Å². The first-order valence-electron chi connectivity index (χ1n) is 10.6. The quantitative estimate of drug-likeness (QED) is 0.439. The van der Waals surface area contributed by atoms with Crippen molar-refractivity contribution in [3.8, 4) is 5.75 Å². The van der Waals surface area contributed by atoms with Gasteiger partial charge < -0.3 is 9.64 Å². The number of benzene rings is 3. The second-order valence-corrected chi connectivity index (χ2v) is 9.96. The fraction of sp³-hybridized carbons (Fsp3) is 0.200. The van der Waals surface area contributed by atoms with Crippen LogP contribution in [0.4, 0.5) is 11.6 Å². The van der Waals surface area contributed by atoms with E-state index >= 15 is 0 Å². The maximum Gasteiger partial charge on any atom is 0.267 e. The Morgan fingerprint density at radius 1 is 0.909 bits per heavy atom. The van der Waals surface area contributed by atoms with Gasteiger partial charge in [-0.15, -0.1) is 0 Å². The first kappa shape index (κ1) is 21.2. The summed E-state index contributed by atoms with van der Waals surface area (Å²) >= 11 is 0. The zero-order chi connectivity index (χ0) is 23.2. The summed E-state index contributed by atoms with van der Waals surface area (Å²) in [6.07, 6.45) is 0. The zero-order valence-electron chi connectivity index (χ0n) is 18.7. The lowest BCUT2D eigenvalue weighted by Gasteiger charge is -2.22. The molecule has 4 aromatic rings. The SMILES string of the molecule is COc1ccccc1CN1CN(S(=O)(=O)c2cc(C)ccc2C)c2nc3ccccc3nc21. The molecule has 5 rings (SSSR count). The number of aryl methyl sites for hydroxylation is 2. The van der Waals surface area contributed by atoms with E-state index in [2.05, 4.69) is 0 Å². The fourth-order valence-corrected chi connectivity index (χ4v) is 5.80. The normalized spacial score (nSPS) is 13.4. The number of methoxy groups -OCH3 is 1. The molecule has 0 saturated heterocycles. The van der Waals surface area contributed by atoms with E-state index in [0.717, 1.165) is 16.9 Å². The molecule has 0 fully saturated rings. The monoisotopic (exact) mass is 460 g/mol. The Kier molecular flexibility index (Phi) is 5.17. The molecule has 0 saturated carbocycles. The molecule has 0 N–H and O–H groups in total. The lowest BCUT2D eigenvalue weighted by atomic mass is 10.2. The first-order valence-corrected chi connectivity index (χ1v) is 12.1. The minimum Gasteiger partial charge on any atom is -0.496 e. The van der Waals surface area contributed by atoms with Gasteiger partial charge in [0.05, 0.1) is 23.0 Å². The molecule has 1 aromatic heterocycles. The van der Waals surface area contributed by atoms with Gasteiger partial charge in [-0.25, -0.2) is 22.7 Å². The summed E-state index contributed by atoms with van der Waals surface area (Å²) < 4.78 is 34.5.